The highest BCUT2D eigenvalue weighted by Crippen LogP contribution is 2.09. The zero-order chi connectivity index (χ0) is 14.5. The number of β-amino-alcohol motifs (C(OH)–C–C–N with tert-alkyl or cyclic N) is 1. The molecule has 2 amide bonds. The van der Waals surface area contributed by atoms with Gasteiger partial charge < -0.3 is 20.3 Å². The van der Waals surface area contributed by atoms with Gasteiger partial charge in [0.15, 0.2) is 0 Å². The van der Waals surface area contributed by atoms with Gasteiger partial charge in [0.2, 0.25) is 0 Å². The molecule has 1 aliphatic rings. The molecule has 20 heavy (non-hydrogen) atoms. The number of aromatic nitrogens is 2. The zero-order valence-corrected chi connectivity index (χ0v) is 11.6. The van der Waals surface area contributed by atoms with Crippen LogP contribution in [0.15, 0.2) is 10.9 Å². The Morgan fingerprint density at radius 2 is 2.45 bits per heavy atom. The van der Waals surface area contributed by atoms with E-state index in [-0.39, 0.29) is 11.6 Å². The van der Waals surface area contributed by atoms with Crippen LogP contribution in [-0.2, 0) is 6.42 Å². The second-order valence-corrected chi connectivity index (χ2v) is 5.06. The molecule has 1 aliphatic heterocycles. The number of carbonyl (C=O) groups excluding carboxylic acids is 1. The van der Waals surface area contributed by atoms with Gasteiger partial charge in [-0.25, -0.2) is 9.78 Å². The van der Waals surface area contributed by atoms with E-state index in [0.717, 1.165) is 12.8 Å². The predicted molar refractivity (Wildman–Crippen MR) is 73.5 cm³/mol. The van der Waals surface area contributed by atoms with Gasteiger partial charge in [-0.3, -0.25) is 4.79 Å². The number of hydrogen-bond donors (Lipinski definition) is 3. The number of rotatable bonds is 3. The van der Waals surface area contributed by atoms with Crippen LogP contribution in [0, 0.1) is 6.92 Å². The van der Waals surface area contributed by atoms with E-state index >= 15 is 0 Å². The summed E-state index contributed by atoms with van der Waals surface area (Å²) in [4.78, 5) is 31.6. The Labute approximate surface area is 117 Å². The fraction of sp³-hybridized carbons (Fsp3) is 0.615. The van der Waals surface area contributed by atoms with Crippen molar-refractivity contribution in [1.82, 2.24) is 20.2 Å². The molecule has 0 bridgehead atoms. The van der Waals surface area contributed by atoms with Gasteiger partial charge in [0.1, 0.15) is 5.82 Å². The normalized spacial score (nSPS) is 18.9. The van der Waals surface area contributed by atoms with Gasteiger partial charge in [-0.2, -0.15) is 0 Å². The van der Waals surface area contributed by atoms with E-state index < -0.39 is 6.10 Å². The Hall–Kier alpha value is -1.89. The number of amides is 2. The van der Waals surface area contributed by atoms with E-state index in [0.29, 0.717) is 37.6 Å². The van der Waals surface area contributed by atoms with Crippen molar-refractivity contribution in [3.05, 3.63) is 27.9 Å². The molecule has 0 spiro atoms. The maximum atomic E-state index is 11.9. The number of nitrogens with zero attached hydrogens (tertiary/aromatic N) is 2. The molecule has 2 heterocycles. The monoisotopic (exact) mass is 280 g/mol. The molecule has 3 N–H and O–H groups in total. The lowest BCUT2D eigenvalue weighted by molar-refractivity contribution is 0.0843. The van der Waals surface area contributed by atoms with Crippen molar-refractivity contribution in [1.29, 1.82) is 0 Å². The number of urea groups is 1. The number of likely N-dealkylation sites (tertiary alicyclic amines) is 1. The lowest BCUT2D eigenvalue weighted by atomic mass is 10.1. The van der Waals surface area contributed by atoms with Crippen molar-refractivity contribution in [3.8, 4) is 0 Å². The van der Waals surface area contributed by atoms with Crippen LogP contribution in [-0.4, -0.2) is 51.7 Å². The number of aliphatic hydroxyl groups is 1. The fourth-order valence-corrected chi connectivity index (χ4v) is 2.30. The minimum absolute atomic E-state index is 0.182. The average molecular weight is 280 g/mol. The molecule has 0 aliphatic carbocycles. The molecule has 1 aromatic heterocycles. The molecule has 110 valence electrons. The van der Waals surface area contributed by atoms with E-state index in [1.54, 1.807) is 11.8 Å². The number of aromatic amines is 1. The smallest absolute Gasteiger partial charge is 0.317 e. The van der Waals surface area contributed by atoms with Crippen LogP contribution in [0.1, 0.15) is 24.4 Å². The van der Waals surface area contributed by atoms with Crippen LogP contribution in [0.3, 0.4) is 0 Å². The highest BCUT2D eigenvalue weighted by molar-refractivity contribution is 5.74. The summed E-state index contributed by atoms with van der Waals surface area (Å²) in [6, 6.07) is 1.25. The van der Waals surface area contributed by atoms with Crippen LogP contribution >= 0.6 is 0 Å². The van der Waals surface area contributed by atoms with Crippen molar-refractivity contribution in [2.45, 2.75) is 32.3 Å². The minimum Gasteiger partial charge on any atom is -0.391 e. The lowest BCUT2D eigenvalue weighted by Crippen LogP contribution is -2.47. The Bertz CT molecular complexity index is 529. The van der Waals surface area contributed by atoms with E-state index in [2.05, 4.69) is 15.3 Å². The Morgan fingerprint density at radius 1 is 1.65 bits per heavy atom. The van der Waals surface area contributed by atoms with E-state index in [1.165, 1.54) is 6.07 Å². The maximum absolute atomic E-state index is 11.9. The van der Waals surface area contributed by atoms with Crippen molar-refractivity contribution in [3.63, 3.8) is 0 Å². The third kappa shape index (κ3) is 4.06. The molecule has 1 fully saturated rings. The van der Waals surface area contributed by atoms with Gasteiger partial charge >= 0.3 is 6.03 Å². The molecule has 1 aromatic rings. The van der Waals surface area contributed by atoms with Gasteiger partial charge in [0, 0.05) is 37.8 Å². The van der Waals surface area contributed by atoms with Crippen LogP contribution in [0.2, 0.25) is 0 Å². The quantitative estimate of drug-likeness (QED) is 0.713. The van der Waals surface area contributed by atoms with Crippen molar-refractivity contribution < 1.29 is 9.90 Å². The largest absolute Gasteiger partial charge is 0.391 e. The topological polar surface area (TPSA) is 98.3 Å². The minimum atomic E-state index is -0.427. The predicted octanol–water partition coefficient (Wildman–Crippen LogP) is -0.213. The first-order chi connectivity index (χ1) is 9.54. The molecule has 2 rings (SSSR count). The Morgan fingerprint density at radius 3 is 3.15 bits per heavy atom. The summed E-state index contributed by atoms with van der Waals surface area (Å²) in [6.45, 7) is 3.21. The molecular weight excluding hydrogens is 260 g/mol. The van der Waals surface area contributed by atoms with Gasteiger partial charge in [-0.1, -0.05) is 0 Å². The second kappa shape index (κ2) is 6.51. The average Bonchev–Trinajstić information content (AvgIpc) is 2.37. The summed E-state index contributed by atoms with van der Waals surface area (Å²) in [6.07, 6.45) is 1.61. The van der Waals surface area contributed by atoms with Crippen LogP contribution in [0.5, 0.6) is 0 Å². The molecule has 1 atom stereocenters. The molecule has 7 nitrogen and oxygen atoms in total. The van der Waals surface area contributed by atoms with Gasteiger partial charge in [0.05, 0.1) is 6.10 Å². The summed E-state index contributed by atoms with van der Waals surface area (Å²) in [5.41, 5.74) is 0.479. The van der Waals surface area contributed by atoms with Crippen molar-refractivity contribution in [2.24, 2.45) is 0 Å². The summed E-state index contributed by atoms with van der Waals surface area (Å²) >= 11 is 0. The number of piperidine rings is 1. The molecule has 0 saturated carbocycles. The highest BCUT2D eigenvalue weighted by atomic mass is 16.3. The number of carbonyl (C=O) groups is 1. The molecule has 7 heteroatoms. The van der Waals surface area contributed by atoms with Gasteiger partial charge in [-0.05, 0) is 19.8 Å². The lowest BCUT2D eigenvalue weighted by Gasteiger charge is -2.30. The third-order valence-corrected chi connectivity index (χ3v) is 3.24. The van der Waals surface area contributed by atoms with E-state index in [1.807, 2.05) is 0 Å². The first-order valence-corrected chi connectivity index (χ1v) is 6.82. The van der Waals surface area contributed by atoms with Gasteiger partial charge in [0.25, 0.3) is 5.56 Å². The van der Waals surface area contributed by atoms with Gasteiger partial charge in [-0.15, -0.1) is 0 Å². The zero-order valence-electron chi connectivity index (χ0n) is 11.6. The molecule has 0 unspecified atom stereocenters. The van der Waals surface area contributed by atoms with Crippen molar-refractivity contribution in [2.75, 3.05) is 19.6 Å². The molecule has 0 radical (unpaired) electrons. The maximum Gasteiger partial charge on any atom is 0.317 e. The molecule has 0 aromatic carbocycles. The number of hydrogen-bond acceptors (Lipinski definition) is 4. The summed E-state index contributed by atoms with van der Waals surface area (Å²) in [7, 11) is 0. The highest BCUT2D eigenvalue weighted by Gasteiger charge is 2.21. The van der Waals surface area contributed by atoms with Crippen LogP contribution in [0.25, 0.3) is 0 Å². The van der Waals surface area contributed by atoms with E-state index in [4.69, 9.17) is 0 Å². The number of aliphatic hydroxyl groups excluding tert-OH is 1. The molecule has 1 saturated heterocycles. The standard InChI is InChI=1S/C13H20N4O3/c1-9-7-12(19)16-11(15-9)4-5-14-13(20)17-6-2-3-10(18)8-17/h7,10,18H,2-6,8H2,1H3,(H,14,20)(H,15,16,19)/t10-/m1/s1. The van der Waals surface area contributed by atoms with Crippen molar-refractivity contribution >= 4 is 6.03 Å². The summed E-state index contributed by atoms with van der Waals surface area (Å²) in [5, 5.41) is 12.3. The third-order valence-electron chi connectivity index (χ3n) is 3.24. The summed E-state index contributed by atoms with van der Waals surface area (Å²) < 4.78 is 0. The number of aryl methyl sites for hydroxylation is 1. The second-order valence-electron chi connectivity index (χ2n) is 5.06. The molecular formula is C13H20N4O3. The Kier molecular flexibility index (Phi) is 4.73. The SMILES string of the molecule is Cc1cc(=O)[nH]c(CCNC(=O)N2CCC[C@@H](O)C2)n1. The first-order valence-electron chi connectivity index (χ1n) is 6.82. The fourth-order valence-electron chi connectivity index (χ4n) is 2.30. The number of nitrogens with one attached hydrogen (secondary N) is 2. The van der Waals surface area contributed by atoms with Crippen LogP contribution in [0.4, 0.5) is 4.79 Å². The Balaban J connectivity index is 1.80. The summed E-state index contributed by atoms with van der Waals surface area (Å²) in [5.74, 6) is 0.564. The number of H-pyrrole nitrogens is 1. The van der Waals surface area contributed by atoms with Crippen LogP contribution < -0.4 is 10.9 Å². The first kappa shape index (κ1) is 14.5. The van der Waals surface area contributed by atoms with E-state index in [9.17, 15) is 14.7 Å².